The van der Waals surface area contributed by atoms with Crippen LogP contribution in [0.2, 0.25) is 0 Å². The number of rotatable bonds is 4. The van der Waals surface area contributed by atoms with Crippen molar-refractivity contribution >= 4 is 5.78 Å². The number of hydrogen-bond donors (Lipinski definition) is 1. The third kappa shape index (κ3) is 2.91. The van der Waals surface area contributed by atoms with Crippen LogP contribution in [0.15, 0.2) is 18.2 Å². The molecule has 2 rings (SSSR count). The highest BCUT2D eigenvalue weighted by Crippen LogP contribution is 2.21. The normalized spacial score (nSPS) is 23.3. The monoisotopic (exact) mass is 255 g/mol. The van der Waals surface area contributed by atoms with E-state index in [4.69, 9.17) is 10.5 Å². The van der Waals surface area contributed by atoms with E-state index in [9.17, 15) is 13.6 Å². The lowest BCUT2D eigenvalue weighted by Crippen LogP contribution is -2.26. The van der Waals surface area contributed by atoms with Crippen LogP contribution in [-0.4, -0.2) is 24.5 Å². The maximum atomic E-state index is 13.4. The summed E-state index contributed by atoms with van der Waals surface area (Å²) >= 11 is 0. The molecule has 1 heterocycles. The molecule has 0 bridgehead atoms. The highest BCUT2D eigenvalue weighted by Gasteiger charge is 2.29. The molecule has 1 fully saturated rings. The lowest BCUT2D eigenvalue weighted by Gasteiger charge is -2.11. The van der Waals surface area contributed by atoms with E-state index in [1.165, 1.54) is 0 Å². The van der Waals surface area contributed by atoms with Gasteiger partial charge in [0.1, 0.15) is 17.7 Å². The first kappa shape index (κ1) is 13.1. The molecule has 1 aromatic rings. The summed E-state index contributed by atoms with van der Waals surface area (Å²) in [4.78, 5) is 11.9. The van der Waals surface area contributed by atoms with E-state index in [0.717, 1.165) is 24.6 Å². The molecule has 0 radical (unpaired) electrons. The molecular formula is C13H15F2NO2. The number of benzene rings is 1. The second-order valence-corrected chi connectivity index (χ2v) is 4.44. The summed E-state index contributed by atoms with van der Waals surface area (Å²) in [5.74, 6) is -1.35. The highest BCUT2D eigenvalue weighted by atomic mass is 19.1. The van der Waals surface area contributed by atoms with Gasteiger partial charge in [-0.2, -0.15) is 0 Å². The lowest BCUT2D eigenvalue weighted by molar-refractivity contribution is -0.128. The SMILES string of the molecule is NCC1CCC(C(=O)Cc2cc(F)ccc2F)O1. The number of halogens is 2. The first-order valence-corrected chi connectivity index (χ1v) is 5.92. The summed E-state index contributed by atoms with van der Waals surface area (Å²) in [5.41, 5.74) is 5.52. The Morgan fingerprint density at radius 3 is 2.83 bits per heavy atom. The van der Waals surface area contributed by atoms with Crippen LogP contribution in [0.4, 0.5) is 8.78 Å². The molecule has 0 aromatic heterocycles. The van der Waals surface area contributed by atoms with Gasteiger partial charge in [0.05, 0.1) is 6.10 Å². The van der Waals surface area contributed by atoms with Gasteiger partial charge < -0.3 is 10.5 Å². The summed E-state index contributed by atoms with van der Waals surface area (Å²) in [6, 6.07) is 3.10. The fourth-order valence-corrected chi connectivity index (χ4v) is 2.10. The number of ether oxygens (including phenoxy) is 1. The first-order valence-electron chi connectivity index (χ1n) is 5.92. The summed E-state index contributed by atoms with van der Waals surface area (Å²) in [6.45, 7) is 0.373. The Balaban J connectivity index is 2.01. The third-order valence-corrected chi connectivity index (χ3v) is 3.10. The second kappa shape index (κ2) is 5.54. The number of carbonyl (C=O) groups is 1. The van der Waals surface area contributed by atoms with Crippen molar-refractivity contribution in [2.24, 2.45) is 5.73 Å². The number of carbonyl (C=O) groups excluding carboxylic acids is 1. The zero-order valence-electron chi connectivity index (χ0n) is 9.86. The van der Waals surface area contributed by atoms with Crippen LogP contribution in [-0.2, 0) is 16.0 Å². The zero-order chi connectivity index (χ0) is 13.1. The summed E-state index contributed by atoms with van der Waals surface area (Å²) in [5, 5.41) is 0. The minimum atomic E-state index is -0.571. The van der Waals surface area contributed by atoms with Crippen LogP contribution in [0.3, 0.4) is 0 Å². The van der Waals surface area contributed by atoms with Gasteiger partial charge in [0, 0.05) is 13.0 Å². The van der Waals surface area contributed by atoms with Crippen molar-refractivity contribution in [3.05, 3.63) is 35.4 Å². The van der Waals surface area contributed by atoms with Crippen LogP contribution in [0, 0.1) is 11.6 Å². The Kier molecular flexibility index (Phi) is 4.04. The van der Waals surface area contributed by atoms with E-state index in [-0.39, 0.29) is 23.9 Å². The van der Waals surface area contributed by atoms with Crippen molar-refractivity contribution in [2.45, 2.75) is 31.5 Å². The molecule has 98 valence electrons. The molecule has 2 atom stereocenters. The molecule has 0 aliphatic carbocycles. The van der Waals surface area contributed by atoms with E-state index >= 15 is 0 Å². The van der Waals surface area contributed by atoms with Gasteiger partial charge in [0.25, 0.3) is 0 Å². The summed E-state index contributed by atoms with van der Waals surface area (Å²) in [6.07, 6.45) is 0.541. The molecule has 3 nitrogen and oxygen atoms in total. The molecule has 18 heavy (non-hydrogen) atoms. The summed E-state index contributed by atoms with van der Waals surface area (Å²) < 4.78 is 31.8. The minimum absolute atomic E-state index is 0.0693. The van der Waals surface area contributed by atoms with E-state index in [1.54, 1.807) is 0 Å². The van der Waals surface area contributed by atoms with E-state index < -0.39 is 17.7 Å². The highest BCUT2D eigenvalue weighted by molar-refractivity contribution is 5.85. The molecule has 5 heteroatoms. The molecule has 1 saturated heterocycles. The van der Waals surface area contributed by atoms with E-state index in [0.29, 0.717) is 13.0 Å². The number of hydrogen-bond acceptors (Lipinski definition) is 3. The Morgan fingerprint density at radius 1 is 1.39 bits per heavy atom. The van der Waals surface area contributed by atoms with E-state index in [2.05, 4.69) is 0 Å². The molecule has 1 aliphatic heterocycles. The average Bonchev–Trinajstić information content (AvgIpc) is 2.82. The van der Waals surface area contributed by atoms with Crippen LogP contribution in [0.1, 0.15) is 18.4 Å². The van der Waals surface area contributed by atoms with Gasteiger partial charge in [-0.1, -0.05) is 0 Å². The van der Waals surface area contributed by atoms with Crippen LogP contribution >= 0.6 is 0 Å². The molecule has 2 unspecified atom stereocenters. The van der Waals surface area contributed by atoms with Gasteiger partial charge in [0.2, 0.25) is 0 Å². The lowest BCUT2D eigenvalue weighted by atomic mass is 10.0. The molecular weight excluding hydrogens is 240 g/mol. The molecule has 0 saturated carbocycles. The van der Waals surface area contributed by atoms with Crippen LogP contribution in [0.5, 0.6) is 0 Å². The Labute approximate surface area is 104 Å². The van der Waals surface area contributed by atoms with Gasteiger partial charge in [-0.3, -0.25) is 4.79 Å². The van der Waals surface area contributed by atoms with Gasteiger partial charge in [-0.15, -0.1) is 0 Å². The van der Waals surface area contributed by atoms with Gasteiger partial charge in [-0.25, -0.2) is 8.78 Å². The van der Waals surface area contributed by atoms with Gasteiger partial charge >= 0.3 is 0 Å². The first-order chi connectivity index (χ1) is 8.60. The number of ketones is 1. The Hall–Kier alpha value is -1.33. The minimum Gasteiger partial charge on any atom is -0.366 e. The van der Waals surface area contributed by atoms with Crippen molar-refractivity contribution in [1.29, 1.82) is 0 Å². The van der Waals surface area contributed by atoms with Crippen molar-refractivity contribution in [3.8, 4) is 0 Å². The molecule has 0 amide bonds. The number of Topliss-reactive ketones (excluding diaryl/α,β-unsaturated/α-hetero) is 1. The Morgan fingerprint density at radius 2 is 2.17 bits per heavy atom. The van der Waals surface area contributed by atoms with Crippen LogP contribution in [0.25, 0.3) is 0 Å². The maximum absolute atomic E-state index is 13.4. The predicted molar refractivity (Wildman–Crippen MR) is 62.0 cm³/mol. The predicted octanol–water partition coefficient (Wildman–Crippen LogP) is 1.58. The zero-order valence-corrected chi connectivity index (χ0v) is 9.86. The standard InChI is InChI=1S/C13H15F2NO2/c14-9-1-3-11(15)8(5-9)6-12(17)13-4-2-10(7-16)18-13/h1,3,5,10,13H,2,4,6-7,16H2. The van der Waals surface area contributed by atoms with Crippen molar-refractivity contribution in [3.63, 3.8) is 0 Å². The van der Waals surface area contributed by atoms with Crippen molar-refractivity contribution in [1.82, 2.24) is 0 Å². The third-order valence-electron chi connectivity index (χ3n) is 3.10. The molecule has 0 spiro atoms. The van der Waals surface area contributed by atoms with E-state index in [1.807, 2.05) is 0 Å². The van der Waals surface area contributed by atoms with Gasteiger partial charge in [-0.05, 0) is 36.6 Å². The maximum Gasteiger partial charge on any atom is 0.166 e. The quantitative estimate of drug-likeness (QED) is 0.888. The fourth-order valence-electron chi connectivity index (χ4n) is 2.10. The fraction of sp³-hybridized carbons (Fsp3) is 0.462. The topological polar surface area (TPSA) is 52.3 Å². The van der Waals surface area contributed by atoms with Gasteiger partial charge in [0.15, 0.2) is 5.78 Å². The molecule has 1 aliphatic rings. The van der Waals surface area contributed by atoms with Crippen LogP contribution < -0.4 is 5.73 Å². The van der Waals surface area contributed by atoms with Crippen molar-refractivity contribution < 1.29 is 18.3 Å². The average molecular weight is 255 g/mol. The largest absolute Gasteiger partial charge is 0.366 e. The molecule has 2 N–H and O–H groups in total. The van der Waals surface area contributed by atoms with Crippen molar-refractivity contribution in [2.75, 3.05) is 6.54 Å². The number of nitrogens with two attached hydrogens (primary N) is 1. The second-order valence-electron chi connectivity index (χ2n) is 4.44. The Bertz CT molecular complexity index is 451. The summed E-state index contributed by atoms with van der Waals surface area (Å²) in [7, 11) is 0. The molecule has 1 aromatic carbocycles. The smallest absolute Gasteiger partial charge is 0.166 e.